The summed E-state index contributed by atoms with van der Waals surface area (Å²) in [5.41, 5.74) is 1.96. The van der Waals surface area contributed by atoms with E-state index in [1.807, 2.05) is 19.1 Å². The van der Waals surface area contributed by atoms with E-state index in [-0.39, 0.29) is 10.6 Å². The second-order valence-electron chi connectivity index (χ2n) is 3.52. The molecule has 16 heavy (non-hydrogen) atoms. The minimum atomic E-state index is -0.221. The Kier molecular flexibility index (Phi) is 3.67. The van der Waals surface area contributed by atoms with Crippen LogP contribution in [0, 0.1) is 12.7 Å². The van der Waals surface area contributed by atoms with Gasteiger partial charge in [-0.05, 0) is 36.2 Å². The van der Waals surface area contributed by atoms with E-state index in [2.05, 4.69) is 15.9 Å². The molecule has 0 saturated carbocycles. The summed E-state index contributed by atoms with van der Waals surface area (Å²) in [7, 11) is 0. The first-order chi connectivity index (χ1) is 7.58. The van der Waals surface area contributed by atoms with E-state index in [1.165, 1.54) is 23.5 Å². The van der Waals surface area contributed by atoms with Crippen LogP contribution in [0.25, 0.3) is 0 Å². The van der Waals surface area contributed by atoms with Gasteiger partial charge in [0.05, 0.1) is 9.16 Å². The monoisotopic (exact) mass is 318 g/mol. The van der Waals surface area contributed by atoms with Gasteiger partial charge in [0.1, 0.15) is 5.82 Å². The van der Waals surface area contributed by atoms with Crippen LogP contribution in [0.3, 0.4) is 0 Å². The van der Waals surface area contributed by atoms with Gasteiger partial charge in [0.15, 0.2) is 0 Å². The summed E-state index contributed by atoms with van der Waals surface area (Å²) < 4.78 is 13.9. The van der Waals surface area contributed by atoms with Crippen molar-refractivity contribution in [1.82, 2.24) is 0 Å². The van der Waals surface area contributed by atoms with Crippen molar-refractivity contribution in [1.29, 1.82) is 0 Å². The van der Waals surface area contributed by atoms with Gasteiger partial charge in [-0.25, -0.2) is 4.39 Å². The first-order valence-electron chi connectivity index (χ1n) is 4.73. The molecule has 1 aromatic heterocycles. The van der Waals surface area contributed by atoms with Crippen LogP contribution in [-0.2, 0) is 0 Å². The van der Waals surface area contributed by atoms with Gasteiger partial charge in [0.25, 0.3) is 0 Å². The van der Waals surface area contributed by atoms with Crippen LogP contribution in [-0.4, -0.2) is 0 Å². The minimum Gasteiger partial charge on any atom is -0.207 e. The Labute approximate surface area is 111 Å². The molecule has 0 aliphatic heterocycles. The lowest BCUT2D eigenvalue weighted by Crippen LogP contribution is -1.90. The van der Waals surface area contributed by atoms with Crippen LogP contribution in [0.15, 0.2) is 30.3 Å². The molecule has 1 heterocycles. The molecule has 1 aromatic carbocycles. The first kappa shape index (κ1) is 12.1. The lowest BCUT2D eigenvalue weighted by Gasteiger charge is -2.07. The average molecular weight is 320 g/mol. The number of aryl methyl sites for hydroxylation is 1. The van der Waals surface area contributed by atoms with Crippen molar-refractivity contribution < 1.29 is 4.39 Å². The third kappa shape index (κ3) is 2.47. The van der Waals surface area contributed by atoms with Crippen LogP contribution in [0.1, 0.15) is 20.8 Å². The van der Waals surface area contributed by atoms with Crippen molar-refractivity contribution in [3.63, 3.8) is 0 Å². The Morgan fingerprint density at radius 3 is 2.69 bits per heavy atom. The SMILES string of the molecule is Cc1cc(C(Br)c2cccc(F)c2)sc1Cl. The zero-order valence-corrected chi connectivity index (χ0v) is 11.7. The molecular formula is C12H9BrClFS. The van der Waals surface area contributed by atoms with Crippen molar-refractivity contribution >= 4 is 38.9 Å². The molecule has 0 amide bonds. The van der Waals surface area contributed by atoms with E-state index >= 15 is 0 Å². The van der Waals surface area contributed by atoms with Crippen molar-refractivity contribution in [2.75, 3.05) is 0 Å². The quantitative estimate of drug-likeness (QED) is 0.656. The standard InChI is InChI=1S/C12H9BrClFS/c1-7-5-10(16-12(7)14)11(13)8-3-2-4-9(15)6-8/h2-6,11H,1H3. The normalized spacial score (nSPS) is 12.8. The number of hydrogen-bond acceptors (Lipinski definition) is 1. The number of thiophene rings is 1. The van der Waals surface area contributed by atoms with Crippen molar-refractivity contribution in [3.8, 4) is 0 Å². The van der Waals surface area contributed by atoms with Crippen molar-refractivity contribution in [2.45, 2.75) is 11.8 Å². The van der Waals surface area contributed by atoms with E-state index in [0.717, 1.165) is 20.3 Å². The van der Waals surface area contributed by atoms with Crippen LogP contribution >= 0.6 is 38.9 Å². The van der Waals surface area contributed by atoms with Gasteiger partial charge >= 0.3 is 0 Å². The molecule has 1 unspecified atom stereocenters. The average Bonchev–Trinajstić information content (AvgIpc) is 2.58. The molecule has 2 aromatic rings. The van der Waals surface area contributed by atoms with E-state index in [9.17, 15) is 4.39 Å². The molecule has 4 heteroatoms. The maximum atomic E-state index is 13.1. The third-order valence-corrected chi connectivity index (χ3v) is 5.21. The summed E-state index contributed by atoms with van der Waals surface area (Å²) in [5, 5.41) is 0. The predicted octanol–water partition coefficient (Wildman–Crippen LogP) is 5.33. The Hall–Kier alpha value is -0.380. The van der Waals surface area contributed by atoms with Crippen molar-refractivity contribution in [2.24, 2.45) is 0 Å². The Bertz CT molecular complexity index is 490. The molecule has 0 aliphatic carbocycles. The topological polar surface area (TPSA) is 0 Å². The van der Waals surface area contributed by atoms with Crippen LogP contribution in [0.5, 0.6) is 0 Å². The van der Waals surface area contributed by atoms with Gasteiger partial charge in [-0.2, -0.15) is 0 Å². The number of rotatable bonds is 2. The van der Waals surface area contributed by atoms with E-state index in [4.69, 9.17) is 11.6 Å². The van der Waals surface area contributed by atoms with E-state index < -0.39 is 0 Å². The van der Waals surface area contributed by atoms with Crippen LogP contribution < -0.4 is 0 Å². The summed E-state index contributed by atoms with van der Waals surface area (Å²) in [6.07, 6.45) is 0. The fourth-order valence-corrected chi connectivity index (χ4v) is 3.36. The molecule has 84 valence electrons. The molecular weight excluding hydrogens is 311 g/mol. The Morgan fingerprint density at radius 1 is 1.38 bits per heavy atom. The summed E-state index contributed by atoms with van der Waals surface area (Å²) in [5.74, 6) is -0.221. The third-order valence-electron chi connectivity index (χ3n) is 2.27. The number of hydrogen-bond donors (Lipinski definition) is 0. The number of halogens is 3. The molecule has 2 rings (SSSR count). The van der Waals surface area contributed by atoms with Gasteiger partial charge in [-0.3, -0.25) is 0 Å². The molecule has 1 atom stereocenters. The molecule has 0 N–H and O–H groups in total. The highest BCUT2D eigenvalue weighted by atomic mass is 79.9. The lowest BCUT2D eigenvalue weighted by molar-refractivity contribution is 0.626. The second-order valence-corrected chi connectivity index (χ2v) is 6.12. The van der Waals surface area contributed by atoms with Gasteiger partial charge in [-0.15, -0.1) is 11.3 Å². The predicted molar refractivity (Wildman–Crippen MR) is 71.2 cm³/mol. The fraction of sp³-hybridized carbons (Fsp3) is 0.167. The molecule has 0 aliphatic rings. The van der Waals surface area contributed by atoms with E-state index in [1.54, 1.807) is 6.07 Å². The Balaban J connectivity index is 2.35. The smallest absolute Gasteiger partial charge is 0.123 e. The largest absolute Gasteiger partial charge is 0.207 e. The number of alkyl halides is 1. The molecule has 0 radical (unpaired) electrons. The highest BCUT2D eigenvalue weighted by molar-refractivity contribution is 9.09. The maximum absolute atomic E-state index is 13.1. The fourth-order valence-electron chi connectivity index (χ4n) is 1.44. The second kappa shape index (κ2) is 4.86. The van der Waals surface area contributed by atoms with E-state index in [0.29, 0.717) is 0 Å². The van der Waals surface area contributed by atoms with Gasteiger partial charge in [0, 0.05) is 4.88 Å². The lowest BCUT2D eigenvalue weighted by atomic mass is 10.1. The van der Waals surface area contributed by atoms with Crippen LogP contribution in [0.2, 0.25) is 4.34 Å². The molecule has 0 saturated heterocycles. The number of benzene rings is 1. The maximum Gasteiger partial charge on any atom is 0.123 e. The highest BCUT2D eigenvalue weighted by Gasteiger charge is 2.14. The summed E-state index contributed by atoms with van der Waals surface area (Å²) in [6, 6.07) is 8.60. The molecule has 0 bridgehead atoms. The molecule has 0 fully saturated rings. The minimum absolute atomic E-state index is 0.000556. The highest BCUT2D eigenvalue weighted by Crippen LogP contribution is 2.38. The summed E-state index contributed by atoms with van der Waals surface area (Å²) >= 11 is 11.1. The van der Waals surface area contributed by atoms with Gasteiger partial charge in [-0.1, -0.05) is 39.7 Å². The zero-order chi connectivity index (χ0) is 11.7. The molecule has 0 spiro atoms. The van der Waals surface area contributed by atoms with Crippen molar-refractivity contribution in [3.05, 3.63) is 56.5 Å². The first-order valence-corrected chi connectivity index (χ1v) is 6.84. The van der Waals surface area contributed by atoms with Gasteiger partial charge in [0.2, 0.25) is 0 Å². The zero-order valence-electron chi connectivity index (χ0n) is 8.51. The summed E-state index contributed by atoms with van der Waals surface area (Å²) in [6.45, 7) is 1.97. The summed E-state index contributed by atoms with van der Waals surface area (Å²) in [4.78, 5) is 1.09. The molecule has 0 nitrogen and oxygen atoms in total. The van der Waals surface area contributed by atoms with Gasteiger partial charge < -0.3 is 0 Å². The Morgan fingerprint density at radius 2 is 2.12 bits per heavy atom. The van der Waals surface area contributed by atoms with Crippen LogP contribution in [0.4, 0.5) is 4.39 Å².